The minimum absolute atomic E-state index is 0.0549. The SMILES string of the molecule is CC(C)CC(CN(C)C)NC(=O)C1NCC2CCCC21. The molecule has 0 spiro atoms. The van der Waals surface area contributed by atoms with Gasteiger partial charge in [0.05, 0.1) is 6.04 Å². The predicted molar refractivity (Wildman–Crippen MR) is 82.6 cm³/mol. The van der Waals surface area contributed by atoms with Crippen molar-refractivity contribution in [2.45, 2.75) is 51.6 Å². The van der Waals surface area contributed by atoms with E-state index in [-0.39, 0.29) is 18.0 Å². The zero-order valence-electron chi connectivity index (χ0n) is 13.5. The minimum Gasteiger partial charge on any atom is -0.351 e. The highest BCUT2D eigenvalue weighted by Crippen LogP contribution is 2.37. The monoisotopic (exact) mass is 281 g/mol. The molecule has 4 nitrogen and oxygen atoms in total. The van der Waals surface area contributed by atoms with Gasteiger partial charge in [-0.3, -0.25) is 4.79 Å². The Bertz CT molecular complexity index is 320. The summed E-state index contributed by atoms with van der Waals surface area (Å²) >= 11 is 0. The molecule has 2 N–H and O–H groups in total. The molecule has 2 rings (SSSR count). The third-order valence-corrected chi connectivity index (χ3v) is 4.72. The van der Waals surface area contributed by atoms with Crippen molar-refractivity contribution in [2.24, 2.45) is 17.8 Å². The normalized spacial score (nSPS) is 30.8. The fourth-order valence-electron chi connectivity index (χ4n) is 3.95. The molecule has 2 aliphatic rings. The van der Waals surface area contributed by atoms with E-state index in [1.54, 1.807) is 0 Å². The molecular weight excluding hydrogens is 250 g/mol. The van der Waals surface area contributed by atoms with Gasteiger partial charge in [0.15, 0.2) is 0 Å². The molecule has 4 unspecified atom stereocenters. The van der Waals surface area contributed by atoms with E-state index >= 15 is 0 Å². The molecular formula is C16H31N3O. The Morgan fingerprint density at radius 2 is 2.10 bits per heavy atom. The fourth-order valence-corrected chi connectivity index (χ4v) is 3.95. The first-order valence-electron chi connectivity index (χ1n) is 8.16. The lowest BCUT2D eigenvalue weighted by Crippen LogP contribution is -2.50. The first-order chi connectivity index (χ1) is 9.47. The van der Waals surface area contributed by atoms with Crippen LogP contribution in [0, 0.1) is 17.8 Å². The summed E-state index contributed by atoms with van der Waals surface area (Å²) in [6, 6.07) is 0.319. The standard InChI is InChI=1S/C16H31N3O/c1-11(2)8-13(10-19(3)4)18-16(20)15-14-7-5-6-12(14)9-17-15/h11-15,17H,5-10H2,1-4H3,(H,18,20). The molecule has 0 aromatic heterocycles. The van der Waals surface area contributed by atoms with E-state index in [1.807, 2.05) is 0 Å². The van der Waals surface area contributed by atoms with Gasteiger partial charge in [0.25, 0.3) is 0 Å². The summed E-state index contributed by atoms with van der Waals surface area (Å²) in [5.41, 5.74) is 0. The lowest BCUT2D eigenvalue weighted by Gasteiger charge is -2.26. The van der Waals surface area contributed by atoms with Gasteiger partial charge in [-0.2, -0.15) is 0 Å². The van der Waals surface area contributed by atoms with Gasteiger partial charge in [-0.05, 0) is 57.7 Å². The maximum atomic E-state index is 12.6. The maximum Gasteiger partial charge on any atom is 0.237 e. The number of nitrogens with one attached hydrogen (secondary N) is 2. The number of carbonyl (C=O) groups excluding carboxylic acids is 1. The van der Waals surface area contributed by atoms with Crippen LogP contribution in [0.25, 0.3) is 0 Å². The fraction of sp³-hybridized carbons (Fsp3) is 0.938. The largest absolute Gasteiger partial charge is 0.351 e. The molecule has 1 aliphatic carbocycles. The maximum absolute atomic E-state index is 12.6. The van der Waals surface area contributed by atoms with Gasteiger partial charge in [-0.15, -0.1) is 0 Å². The van der Waals surface area contributed by atoms with Crippen molar-refractivity contribution in [3.8, 4) is 0 Å². The number of hydrogen-bond donors (Lipinski definition) is 2. The Kier molecular flexibility index (Phi) is 5.44. The smallest absolute Gasteiger partial charge is 0.237 e. The molecule has 0 bridgehead atoms. The van der Waals surface area contributed by atoms with Crippen LogP contribution in [-0.4, -0.2) is 50.1 Å². The lowest BCUT2D eigenvalue weighted by atomic mass is 9.93. The minimum atomic E-state index is 0.0549. The summed E-state index contributed by atoms with van der Waals surface area (Å²) in [5.74, 6) is 2.15. The summed E-state index contributed by atoms with van der Waals surface area (Å²) in [6.07, 6.45) is 4.87. The van der Waals surface area contributed by atoms with Crippen LogP contribution >= 0.6 is 0 Å². The summed E-state index contributed by atoms with van der Waals surface area (Å²) in [6.45, 7) is 6.39. The number of carbonyl (C=O) groups is 1. The predicted octanol–water partition coefficient (Wildman–Crippen LogP) is 1.47. The van der Waals surface area contributed by atoms with Crippen LogP contribution in [0.2, 0.25) is 0 Å². The Morgan fingerprint density at radius 3 is 2.75 bits per heavy atom. The number of fused-ring (bicyclic) bond motifs is 1. The molecule has 1 amide bonds. The number of likely N-dealkylation sites (N-methyl/N-ethyl adjacent to an activating group) is 1. The summed E-state index contributed by atoms with van der Waals surface area (Å²) in [4.78, 5) is 14.7. The lowest BCUT2D eigenvalue weighted by molar-refractivity contribution is -0.124. The molecule has 1 saturated heterocycles. The molecule has 1 aliphatic heterocycles. The van der Waals surface area contributed by atoms with Crippen LogP contribution in [-0.2, 0) is 4.79 Å². The van der Waals surface area contributed by atoms with Gasteiger partial charge in [0.1, 0.15) is 0 Å². The average Bonchev–Trinajstić information content (AvgIpc) is 2.87. The number of amides is 1. The molecule has 1 saturated carbocycles. The van der Waals surface area contributed by atoms with E-state index in [0.717, 1.165) is 25.4 Å². The Hall–Kier alpha value is -0.610. The summed E-state index contributed by atoms with van der Waals surface area (Å²) in [7, 11) is 4.14. The van der Waals surface area contributed by atoms with Gasteiger partial charge in [-0.25, -0.2) is 0 Å². The third-order valence-electron chi connectivity index (χ3n) is 4.72. The quantitative estimate of drug-likeness (QED) is 0.775. The van der Waals surface area contributed by atoms with E-state index in [0.29, 0.717) is 11.8 Å². The van der Waals surface area contributed by atoms with Gasteiger partial charge in [0, 0.05) is 12.6 Å². The summed E-state index contributed by atoms with van der Waals surface area (Å²) in [5, 5.41) is 6.74. The average molecular weight is 281 g/mol. The van der Waals surface area contributed by atoms with E-state index in [2.05, 4.69) is 43.5 Å². The highest BCUT2D eigenvalue weighted by atomic mass is 16.2. The van der Waals surface area contributed by atoms with Crippen LogP contribution in [0.15, 0.2) is 0 Å². The molecule has 1 heterocycles. The van der Waals surface area contributed by atoms with Crippen molar-refractivity contribution in [1.82, 2.24) is 15.5 Å². The molecule has 20 heavy (non-hydrogen) atoms. The van der Waals surface area contributed by atoms with Crippen LogP contribution in [0.5, 0.6) is 0 Å². The molecule has 4 heteroatoms. The van der Waals surface area contributed by atoms with Crippen LogP contribution in [0.1, 0.15) is 39.5 Å². The highest BCUT2D eigenvalue weighted by Gasteiger charge is 2.42. The van der Waals surface area contributed by atoms with Crippen LogP contribution < -0.4 is 10.6 Å². The number of hydrogen-bond acceptors (Lipinski definition) is 3. The van der Waals surface area contributed by atoms with Crippen molar-refractivity contribution in [1.29, 1.82) is 0 Å². The molecule has 116 valence electrons. The molecule has 4 atom stereocenters. The van der Waals surface area contributed by atoms with Crippen LogP contribution in [0.3, 0.4) is 0 Å². The number of rotatable bonds is 6. The topological polar surface area (TPSA) is 44.4 Å². The van der Waals surface area contributed by atoms with E-state index in [1.165, 1.54) is 19.3 Å². The molecule has 0 radical (unpaired) electrons. The first-order valence-corrected chi connectivity index (χ1v) is 8.16. The van der Waals surface area contributed by atoms with Crippen molar-refractivity contribution in [3.63, 3.8) is 0 Å². The van der Waals surface area contributed by atoms with Crippen LogP contribution in [0.4, 0.5) is 0 Å². The Labute approximate surface area is 123 Å². The van der Waals surface area contributed by atoms with Crippen molar-refractivity contribution < 1.29 is 4.79 Å². The molecule has 2 fully saturated rings. The molecule has 0 aromatic rings. The van der Waals surface area contributed by atoms with E-state index < -0.39 is 0 Å². The second-order valence-corrected chi connectivity index (χ2v) is 7.34. The zero-order valence-corrected chi connectivity index (χ0v) is 13.5. The van der Waals surface area contributed by atoms with Gasteiger partial charge in [0.2, 0.25) is 5.91 Å². The van der Waals surface area contributed by atoms with Gasteiger partial charge in [-0.1, -0.05) is 20.3 Å². The first kappa shape index (κ1) is 15.8. The second kappa shape index (κ2) is 6.90. The van der Waals surface area contributed by atoms with Crippen molar-refractivity contribution in [3.05, 3.63) is 0 Å². The number of nitrogens with zero attached hydrogens (tertiary/aromatic N) is 1. The highest BCUT2D eigenvalue weighted by molar-refractivity contribution is 5.82. The van der Waals surface area contributed by atoms with Crippen molar-refractivity contribution in [2.75, 3.05) is 27.2 Å². The van der Waals surface area contributed by atoms with E-state index in [4.69, 9.17) is 0 Å². The van der Waals surface area contributed by atoms with E-state index in [9.17, 15) is 4.79 Å². The van der Waals surface area contributed by atoms with Crippen molar-refractivity contribution >= 4 is 5.91 Å². The molecule has 0 aromatic carbocycles. The Balaban J connectivity index is 1.90. The summed E-state index contributed by atoms with van der Waals surface area (Å²) < 4.78 is 0. The van der Waals surface area contributed by atoms with Gasteiger partial charge >= 0.3 is 0 Å². The van der Waals surface area contributed by atoms with Gasteiger partial charge < -0.3 is 15.5 Å². The Morgan fingerprint density at radius 1 is 1.35 bits per heavy atom. The third kappa shape index (κ3) is 3.95. The second-order valence-electron chi connectivity index (χ2n) is 7.34. The zero-order chi connectivity index (χ0) is 14.7.